The Morgan fingerprint density at radius 1 is 1.17 bits per heavy atom. The van der Waals surface area contributed by atoms with Crippen LogP contribution in [0.2, 0.25) is 0 Å². The zero-order chi connectivity index (χ0) is 13.1. The largest absolute Gasteiger partial charge is 0.493 e. The van der Waals surface area contributed by atoms with Gasteiger partial charge in [0.25, 0.3) is 0 Å². The van der Waals surface area contributed by atoms with E-state index >= 15 is 0 Å². The van der Waals surface area contributed by atoms with Gasteiger partial charge in [0.1, 0.15) is 12.4 Å². The molecule has 1 aromatic carbocycles. The molecule has 100 valence electrons. The quantitative estimate of drug-likeness (QED) is 0.888. The molecule has 0 amide bonds. The normalized spacial score (nSPS) is 21.5. The van der Waals surface area contributed by atoms with Crippen molar-refractivity contribution >= 4 is 0 Å². The summed E-state index contributed by atoms with van der Waals surface area (Å²) in [4.78, 5) is 0. The molecule has 4 heteroatoms. The Morgan fingerprint density at radius 3 is 2.33 bits per heavy atom. The molecule has 1 fully saturated rings. The van der Waals surface area contributed by atoms with Crippen LogP contribution in [0.4, 0.5) is 0 Å². The highest BCUT2D eigenvalue weighted by molar-refractivity contribution is 5.21. The number of ether oxygens (including phenoxy) is 3. The third kappa shape index (κ3) is 3.22. The Balaban J connectivity index is 1.94. The summed E-state index contributed by atoms with van der Waals surface area (Å²) in [5, 5.41) is 9.55. The Kier molecular flexibility index (Phi) is 3.90. The molecule has 1 saturated heterocycles. The average Bonchev–Trinajstić information content (AvgIpc) is 2.40. The molecule has 0 aliphatic carbocycles. The van der Waals surface area contributed by atoms with Gasteiger partial charge in [-0.3, -0.25) is 0 Å². The molecule has 0 spiro atoms. The third-order valence-electron chi connectivity index (χ3n) is 3.08. The molecular weight excluding hydrogens is 232 g/mol. The summed E-state index contributed by atoms with van der Waals surface area (Å²) >= 11 is 0. The first kappa shape index (κ1) is 13.3. The molecule has 0 bridgehead atoms. The summed E-state index contributed by atoms with van der Waals surface area (Å²) < 4.78 is 16.9. The Hall–Kier alpha value is -1.10. The van der Waals surface area contributed by atoms with Gasteiger partial charge in [-0.05, 0) is 26.0 Å². The monoisotopic (exact) mass is 252 g/mol. The number of hydrogen-bond donors (Lipinski definition) is 1. The molecule has 1 N–H and O–H groups in total. The molecule has 0 unspecified atom stereocenters. The second kappa shape index (κ2) is 5.26. The first-order chi connectivity index (χ1) is 8.55. The van der Waals surface area contributed by atoms with Gasteiger partial charge in [0, 0.05) is 0 Å². The Bertz CT molecular complexity index is 365. The van der Waals surface area contributed by atoms with Crippen molar-refractivity contribution in [2.24, 2.45) is 5.41 Å². The molecule has 18 heavy (non-hydrogen) atoms. The van der Waals surface area contributed by atoms with Crippen LogP contribution in [0.5, 0.6) is 5.75 Å². The van der Waals surface area contributed by atoms with Gasteiger partial charge >= 0.3 is 0 Å². The van der Waals surface area contributed by atoms with E-state index in [4.69, 9.17) is 14.2 Å². The van der Waals surface area contributed by atoms with Gasteiger partial charge in [0.05, 0.1) is 25.2 Å². The fourth-order valence-electron chi connectivity index (χ4n) is 1.71. The van der Waals surface area contributed by atoms with Gasteiger partial charge in [0.15, 0.2) is 5.79 Å². The van der Waals surface area contributed by atoms with Crippen molar-refractivity contribution < 1.29 is 19.3 Å². The van der Waals surface area contributed by atoms with Gasteiger partial charge in [-0.1, -0.05) is 18.2 Å². The van der Waals surface area contributed by atoms with Gasteiger partial charge < -0.3 is 19.3 Å². The van der Waals surface area contributed by atoms with E-state index in [2.05, 4.69) is 0 Å². The average molecular weight is 252 g/mol. The number of rotatable bonds is 4. The number of aliphatic hydroxyl groups is 1. The van der Waals surface area contributed by atoms with Crippen molar-refractivity contribution in [3.8, 4) is 5.75 Å². The molecule has 1 aliphatic rings. The summed E-state index contributed by atoms with van der Waals surface area (Å²) in [6.45, 7) is 4.96. The number of aliphatic hydroxyl groups excluding tert-OH is 1. The van der Waals surface area contributed by atoms with E-state index in [9.17, 15) is 5.11 Å². The van der Waals surface area contributed by atoms with E-state index < -0.39 is 11.2 Å². The van der Waals surface area contributed by atoms with E-state index in [1.54, 1.807) is 0 Å². The molecule has 4 nitrogen and oxygen atoms in total. The molecule has 0 saturated carbocycles. The minimum Gasteiger partial charge on any atom is -0.493 e. The number of hydrogen-bond acceptors (Lipinski definition) is 4. The smallest absolute Gasteiger partial charge is 0.162 e. The minimum absolute atomic E-state index is 0.0179. The highest BCUT2D eigenvalue weighted by Crippen LogP contribution is 2.30. The van der Waals surface area contributed by atoms with E-state index in [0.717, 1.165) is 5.75 Å². The predicted octanol–water partition coefficient (Wildman–Crippen LogP) is 1.83. The maximum Gasteiger partial charge on any atom is 0.162 e. The molecule has 0 aromatic heterocycles. The van der Waals surface area contributed by atoms with Crippen molar-refractivity contribution in [2.75, 3.05) is 26.4 Å². The first-order valence-corrected chi connectivity index (χ1v) is 6.12. The molecule has 1 heterocycles. The maximum absolute atomic E-state index is 9.55. The van der Waals surface area contributed by atoms with Gasteiger partial charge in [-0.25, -0.2) is 0 Å². The van der Waals surface area contributed by atoms with E-state index in [0.29, 0.717) is 19.8 Å². The molecule has 1 aromatic rings. The van der Waals surface area contributed by atoms with Crippen LogP contribution < -0.4 is 4.74 Å². The fraction of sp³-hybridized carbons (Fsp3) is 0.571. The summed E-state index contributed by atoms with van der Waals surface area (Å²) in [5.41, 5.74) is -0.481. The third-order valence-corrected chi connectivity index (χ3v) is 3.08. The summed E-state index contributed by atoms with van der Waals surface area (Å²) in [7, 11) is 0. The maximum atomic E-state index is 9.55. The summed E-state index contributed by atoms with van der Waals surface area (Å²) in [6, 6.07) is 9.54. The van der Waals surface area contributed by atoms with Crippen molar-refractivity contribution in [3.63, 3.8) is 0 Å². The highest BCUT2D eigenvalue weighted by atomic mass is 16.7. The molecule has 0 radical (unpaired) electrons. The van der Waals surface area contributed by atoms with Crippen LogP contribution in [0.25, 0.3) is 0 Å². The number of para-hydroxylation sites is 1. The van der Waals surface area contributed by atoms with Gasteiger partial charge in [-0.2, -0.15) is 0 Å². The molecule has 2 rings (SSSR count). The van der Waals surface area contributed by atoms with Crippen LogP contribution in [0, 0.1) is 5.41 Å². The van der Waals surface area contributed by atoms with Crippen molar-refractivity contribution in [1.29, 1.82) is 0 Å². The lowest BCUT2D eigenvalue weighted by molar-refractivity contribution is -0.293. The van der Waals surface area contributed by atoms with Crippen LogP contribution in [0.15, 0.2) is 30.3 Å². The first-order valence-electron chi connectivity index (χ1n) is 6.12. The van der Waals surface area contributed by atoms with Crippen LogP contribution in [-0.2, 0) is 9.47 Å². The lowest BCUT2D eigenvalue weighted by Crippen LogP contribution is -2.51. The molecular formula is C14H20O4. The van der Waals surface area contributed by atoms with E-state index in [1.165, 1.54) is 0 Å². The standard InChI is InChI=1S/C14H20O4/c1-13(2)17-10-14(8-15,11-18-13)9-16-12-6-4-3-5-7-12/h3-7,15H,8-11H2,1-2H3. The fourth-order valence-corrected chi connectivity index (χ4v) is 1.71. The second-order valence-corrected chi connectivity index (χ2v) is 5.24. The van der Waals surface area contributed by atoms with Crippen LogP contribution in [0.1, 0.15) is 13.8 Å². The summed E-state index contributed by atoms with van der Waals surface area (Å²) in [6.07, 6.45) is 0. The zero-order valence-electron chi connectivity index (χ0n) is 10.9. The van der Waals surface area contributed by atoms with Crippen LogP contribution in [-0.4, -0.2) is 37.3 Å². The zero-order valence-corrected chi connectivity index (χ0v) is 10.9. The minimum atomic E-state index is -0.578. The summed E-state index contributed by atoms with van der Waals surface area (Å²) in [5.74, 6) is 0.209. The second-order valence-electron chi connectivity index (χ2n) is 5.24. The van der Waals surface area contributed by atoms with Gasteiger partial charge in [0.2, 0.25) is 0 Å². The van der Waals surface area contributed by atoms with Crippen molar-refractivity contribution in [2.45, 2.75) is 19.6 Å². The van der Waals surface area contributed by atoms with E-state index in [-0.39, 0.29) is 6.61 Å². The van der Waals surface area contributed by atoms with Crippen LogP contribution >= 0.6 is 0 Å². The molecule has 1 aliphatic heterocycles. The van der Waals surface area contributed by atoms with Crippen molar-refractivity contribution in [1.82, 2.24) is 0 Å². The highest BCUT2D eigenvalue weighted by Gasteiger charge is 2.40. The molecule has 0 atom stereocenters. The van der Waals surface area contributed by atoms with Crippen LogP contribution in [0.3, 0.4) is 0 Å². The van der Waals surface area contributed by atoms with E-state index in [1.807, 2.05) is 44.2 Å². The van der Waals surface area contributed by atoms with Gasteiger partial charge in [-0.15, -0.1) is 0 Å². The Morgan fingerprint density at radius 2 is 1.78 bits per heavy atom. The lowest BCUT2D eigenvalue weighted by Gasteiger charge is -2.42. The number of benzene rings is 1. The lowest BCUT2D eigenvalue weighted by atomic mass is 9.91. The Labute approximate surface area is 107 Å². The van der Waals surface area contributed by atoms with Crippen molar-refractivity contribution in [3.05, 3.63) is 30.3 Å². The predicted molar refractivity (Wildman–Crippen MR) is 67.4 cm³/mol. The topological polar surface area (TPSA) is 47.9 Å². The SMILES string of the molecule is CC1(C)OCC(CO)(COc2ccccc2)CO1.